The number of nitrogens with one attached hydrogen (secondary N) is 1. The second-order valence-electron chi connectivity index (χ2n) is 6.56. The predicted molar refractivity (Wildman–Crippen MR) is 91.8 cm³/mol. The summed E-state index contributed by atoms with van der Waals surface area (Å²) < 4.78 is 10.6. The van der Waals surface area contributed by atoms with Gasteiger partial charge < -0.3 is 14.8 Å². The normalized spacial score (nSPS) is 21.6. The Morgan fingerprint density at radius 2 is 1.96 bits per heavy atom. The van der Waals surface area contributed by atoms with Gasteiger partial charge in [-0.25, -0.2) is 4.79 Å². The molecular weight excluding hydrogens is 306 g/mol. The van der Waals surface area contributed by atoms with Crippen LogP contribution in [0.5, 0.6) is 5.75 Å². The third kappa shape index (κ3) is 5.25. The van der Waals surface area contributed by atoms with Crippen molar-refractivity contribution in [2.75, 3.05) is 6.61 Å². The summed E-state index contributed by atoms with van der Waals surface area (Å²) in [5, 5.41) is 3.00. The maximum absolute atomic E-state index is 12.2. The van der Waals surface area contributed by atoms with Crippen molar-refractivity contribution in [3.05, 3.63) is 29.8 Å². The number of rotatable bonds is 6. The summed E-state index contributed by atoms with van der Waals surface area (Å²) >= 11 is 0. The molecule has 24 heavy (non-hydrogen) atoms. The molecule has 1 amide bonds. The van der Waals surface area contributed by atoms with E-state index in [4.69, 9.17) is 9.47 Å². The number of hydrogen-bond acceptors (Lipinski definition) is 4. The number of esters is 1. The molecule has 2 rings (SSSR count). The van der Waals surface area contributed by atoms with Crippen LogP contribution in [-0.4, -0.2) is 30.6 Å². The van der Waals surface area contributed by atoms with Gasteiger partial charge in [-0.2, -0.15) is 0 Å². The zero-order valence-corrected chi connectivity index (χ0v) is 14.7. The molecule has 0 spiro atoms. The highest BCUT2D eigenvalue weighted by Gasteiger charge is 2.26. The van der Waals surface area contributed by atoms with E-state index in [0.29, 0.717) is 11.7 Å². The van der Waals surface area contributed by atoms with Crippen LogP contribution in [0.25, 0.3) is 0 Å². The van der Waals surface area contributed by atoms with Gasteiger partial charge in [-0.05, 0) is 44.2 Å². The van der Waals surface area contributed by atoms with E-state index in [9.17, 15) is 9.59 Å². The number of carbonyl (C=O) groups is 2. The average Bonchev–Trinajstić information content (AvgIpc) is 2.56. The number of para-hydroxylation sites is 1. The van der Waals surface area contributed by atoms with Gasteiger partial charge in [0.15, 0.2) is 12.7 Å². The van der Waals surface area contributed by atoms with Gasteiger partial charge >= 0.3 is 5.97 Å². The second kappa shape index (κ2) is 8.71. The molecule has 5 heteroatoms. The molecule has 3 atom stereocenters. The maximum atomic E-state index is 12.2. The molecule has 1 N–H and O–H groups in total. The number of aryl methyl sites for hydroxylation is 1. The summed E-state index contributed by atoms with van der Waals surface area (Å²) in [6.07, 6.45) is 3.65. The quantitative estimate of drug-likeness (QED) is 0.813. The van der Waals surface area contributed by atoms with Crippen LogP contribution in [0, 0.1) is 12.8 Å². The van der Waals surface area contributed by atoms with Crippen LogP contribution in [0.4, 0.5) is 0 Å². The third-order valence-corrected chi connectivity index (χ3v) is 4.56. The molecule has 0 bridgehead atoms. The lowest BCUT2D eigenvalue weighted by atomic mass is 9.86. The van der Waals surface area contributed by atoms with E-state index in [1.54, 1.807) is 13.0 Å². The van der Waals surface area contributed by atoms with Crippen LogP contribution in [0.15, 0.2) is 24.3 Å². The molecule has 5 nitrogen and oxygen atoms in total. The second-order valence-corrected chi connectivity index (χ2v) is 6.56. The number of carbonyl (C=O) groups excluding carboxylic acids is 2. The molecule has 0 radical (unpaired) electrons. The van der Waals surface area contributed by atoms with Crippen LogP contribution < -0.4 is 10.1 Å². The van der Waals surface area contributed by atoms with Gasteiger partial charge in [0.05, 0.1) is 0 Å². The van der Waals surface area contributed by atoms with Crippen LogP contribution in [0.1, 0.15) is 45.1 Å². The Kier molecular flexibility index (Phi) is 6.64. The number of ether oxygens (including phenoxy) is 2. The Labute approximate surface area is 143 Å². The fourth-order valence-corrected chi connectivity index (χ4v) is 2.97. The molecule has 1 fully saturated rings. The van der Waals surface area contributed by atoms with Crippen molar-refractivity contribution in [2.24, 2.45) is 5.92 Å². The summed E-state index contributed by atoms with van der Waals surface area (Å²) in [4.78, 5) is 24.1. The lowest BCUT2D eigenvalue weighted by Crippen LogP contribution is -2.46. The van der Waals surface area contributed by atoms with E-state index in [1.807, 2.05) is 25.1 Å². The monoisotopic (exact) mass is 333 g/mol. The summed E-state index contributed by atoms with van der Waals surface area (Å²) in [6, 6.07) is 7.62. The number of benzene rings is 1. The average molecular weight is 333 g/mol. The largest absolute Gasteiger partial charge is 0.482 e. The molecule has 0 heterocycles. The molecule has 0 aromatic heterocycles. The van der Waals surface area contributed by atoms with Crippen molar-refractivity contribution in [1.82, 2.24) is 5.32 Å². The topological polar surface area (TPSA) is 64.6 Å². The van der Waals surface area contributed by atoms with Gasteiger partial charge in [-0.15, -0.1) is 0 Å². The molecule has 1 saturated carbocycles. The van der Waals surface area contributed by atoms with Crippen LogP contribution in [-0.2, 0) is 14.3 Å². The molecule has 1 aliphatic carbocycles. The molecule has 0 unspecified atom stereocenters. The van der Waals surface area contributed by atoms with E-state index in [1.165, 1.54) is 6.42 Å². The molecule has 1 aliphatic rings. The van der Waals surface area contributed by atoms with Crippen molar-refractivity contribution in [3.8, 4) is 5.75 Å². The number of amides is 1. The Morgan fingerprint density at radius 3 is 2.67 bits per heavy atom. The first-order valence-electron chi connectivity index (χ1n) is 8.65. The highest BCUT2D eigenvalue weighted by molar-refractivity contribution is 5.83. The summed E-state index contributed by atoms with van der Waals surface area (Å²) in [5.74, 6) is 0.327. The predicted octanol–water partition coefficient (Wildman–Crippen LogP) is 3.00. The first-order chi connectivity index (χ1) is 11.5. The zero-order chi connectivity index (χ0) is 17.5. The zero-order valence-electron chi connectivity index (χ0n) is 14.7. The molecule has 0 saturated heterocycles. The first kappa shape index (κ1) is 18.3. The van der Waals surface area contributed by atoms with Gasteiger partial charge in [0.2, 0.25) is 0 Å². The molecule has 0 aliphatic heterocycles. The standard InChI is InChI=1S/C19H27NO4/c1-13-8-4-6-10-16(13)20-19(22)15(3)24-18(21)12-23-17-11-7-5-9-14(17)2/h5,7,9,11,13,15-16H,4,6,8,10,12H2,1-3H3,(H,20,22)/t13-,15-,16+/m0/s1. The van der Waals surface area contributed by atoms with Gasteiger partial charge in [0, 0.05) is 6.04 Å². The van der Waals surface area contributed by atoms with Crippen LogP contribution >= 0.6 is 0 Å². The van der Waals surface area contributed by atoms with Crippen LogP contribution in [0.3, 0.4) is 0 Å². The minimum Gasteiger partial charge on any atom is -0.482 e. The van der Waals surface area contributed by atoms with Crippen molar-refractivity contribution < 1.29 is 19.1 Å². The van der Waals surface area contributed by atoms with Crippen molar-refractivity contribution >= 4 is 11.9 Å². The minimum atomic E-state index is -0.813. The third-order valence-electron chi connectivity index (χ3n) is 4.56. The highest BCUT2D eigenvalue weighted by atomic mass is 16.6. The summed E-state index contributed by atoms with van der Waals surface area (Å²) in [6.45, 7) is 5.44. The smallest absolute Gasteiger partial charge is 0.344 e. The SMILES string of the molecule is Cc1ccccc1OCC(=O)O[C@@H](C)C(=O)N[C@@H]1CCCC[C@@H]1C. The minimum absolute atomic E-state index is 0.177. The molecule has 1 aromatic rings. The van der Waals surface area contributed by atoms with Crippen LogP contribution in [0.2, 0.25) is 0 Å². The fourth-order valence-electron chi connectivity index (χ4n) is 2.97. The summed E-state index contributed by atoms with van der Waals surface area (Å²) in [7, 11) is 0. The molecule has 1 aromatic carbocycles. The van der Waals surface area contributed by atoms with E-state index in [-0.39, 0.29) is 18.6 Å². The lowest BCUT2D eigenvalue weighted by molar-refractivity contribution is -0.157. The first-order valence-corrected chi connectivity index (χ1v) is 8.65. The Morgan fingerprint density at radius 1 is 1.25 bits per heavy atom. The van der Waals surface area contributed by atoms with E-state index in [2.05, 4.69) is 12.2 Å². The Bertz CT molecular complexity index is 572. The van der Waals surface area contributed by atoms with Crippen molar-refractivity contribution in [1.29, 1.82) is 0 Å². The maximum Gasteiger partial charge on any atom is 0.344 e. The van der Waals surface area contributed by atoms with E-state index < -0.39 is 12.1 Å². The van der Waals surface area contributed by atoms with Gasteiger partial charge in [-0.3, -0.25) is 4.79 Å². The number of hydrogen-bond donors (Lipinski definition) is 1. The fraction of sp³-hybridized carbons (Fsp3) is 0.579. The molecular formula is C19H27NO4. The van der Waals surface area contributed by atoms with E-state index in [0.717, 1.165) is 24.8 Å². The van der Waals surface area contributed by atoms with Crippen molar-refractivity contribution in [3.63, 3.8) is 0 Å². The summed E-state index contributed by atoms with van der Waals surface area (Å²) in [5.41, 5.74) is 0.947. The Balaban J connectivity index is 1.76. The lowest BCUT2D eigenvalue weighted by Gasteiger charge is -2.30. The molecule has 132 valence electrons. The van der Waals surface area contributed by atoms with Gasteiger partial charge in [0.1, 0.15) is 5.75 Å². The van der Waals surface area contributed by atoms with Gasteiger partial charge in [0.25, 0.3) is 5.91 Å². The van der Waals surface area contributed by atoms with E-state index >= 15 is 0 Å². The Hall–Kier alpha value is -2.04. The highest BCUT2D eigenvalue weighted by Crippen LogP contribution is 2.23. The van der Waals surface area contributed by atoms with Gasteiger partial charge in [-0.1, -0.05) is 38.0 Å². The van der Waals surface area contributed by atoms with Crippen molar-refractivity contribution in [2.45, 2.75) is 58.6 Å².